The van der Waals surface area contributed by atoms with Crippen LogP contribution >= 0.6 is 0 Å². The molecule has 0 aliphatic carbocycles. The molecule has 31 heavy (non-hydrogen) atoms. The number of anilines is 1. The first-order valence-electron chi connectivity index (χ1n) is 10.3. The van der Waals surface area contributed by atoms with Crippen molar-refractivity contribution in [2.75, 3.05) is 38.1 Å². The van der Waals surface area contributed by atoms with E-state index in [1.54, 1.807) is 11.1 Å². The summed E-state index contributed by atoms with van der Waals surface area (Å²) in [5, 5.41) is 2.90. The summed E-state index contributed by atoms with van der Waals surface area (Å²) in [6.07, 6.45) is 2.50. The highest BCUT2D eigenvalue weighted by Crippen LogP contribution is 2.30. The Balaban J connectivity index is 1.23. The van der Waals surface area contributed by atoms with Crippen molar-refractivity contribution in [1.82, 2.24) is 9.80 Å². The molecule has 3 aliphatic rings. The molecule has 3 heterocycles. The van der Waals surface area contributed by atoms with E-state index < -0.39 is 5.97 Å². The standard InChI is InChI=1S/C23H22N4O4/c28-22-19(25-21(31-22)18-7-4-8-20-17(18)9-14-30-20)15-26-10-12-27(13-11-26)23(29)24-16-5-2-1-3-6-16/h1-8,15H,9-14H2,(H,24,29). The molecule has 1 fully saturated rings. The van der Waals surface area contributed by atoms with Gasteiger partial charge < -0.3 is 24.6 Å². The number of nitrogens with zero attached hydrogens (tertiary/aromatic N) is 3. The molecule has 8 heteroatoms. The molecule has 0 unspecified atom stereocenters. The number of esters is 1. The van der Waals surface area contributed by atoms with E-state index in [2.05, 4.69) is 10.3 Å². The number of cyclic esters (lactones) is 1. The topological polar surface area (TPSA) is 83.5 Å². The van der Waals surface area contributed by atoms with E-state index >= 15 is 0 Å². The minimum atomic E-state index is -0.462. The van der Waals surface area contributed by atoms with Crippen molar-refractivity contribution in [2.24, 2.45) is 4.99 Å². The van der Waals surface area contributed by atoms with Crippen LogP contribution in [0.5, 0.6) is 5.75 Å². The maximum atomic E-state index is 12.4. The van der Waals surface area contributed by atoms with E-state index in [0.717, 1.165) is 29.0 Å². The third kappa shape index (κ3) is 3.96. The SMILES string of the molecule is O=C1OC(c2cccc3c2CCO3)=NC1=CN1CCN(C(=O)Nc2ccccc2)CC1. The fourth-order valence-corrected chi connectivity index (χ4v) is 3.89. The molecule has 8 nitrogen and oxygen atoms in total. The van der Waals surface area contributed by atoms with Gasteiger partial charge in [0.2, 0.25) is 5.90 Å². The van der Waals surface area contributed by atoms with Gasteiger partial charge in [0, 0.05) is 55.6 Å². The number of urea groups is 1. The summed E-state index contributed by atoms with van der Waals surface area (Å²) in [5.74, 6) is 0.675. The number of aliphatic imine (C=N–C) groups is 1. The van der Waals surface area contributed by atoms with Crippen LogP contribution in [0.1, 0.15) is 11.1 Å². The molecule has 0 bridgehead atoms. The number of hydrogen-bond donors (Lipinski definition) is 1. The van der Waals surface area contributed by atoms with Crippen LogP contribution in [0.3, 0.4) is 0 Å². The highest BCUT2D eigenvalue weighted by Gasteiger charge is 2.29. The number of amides is 2. The van der Waals surface area contributed by atoms with Crippen molar-refractivity contribution in [1.29, 1.82) is 0 Å². The molecular formula is C23H22N4O4. The summed E-state index contributed by atoms with van der Waals surface area (Å²) in [6, 6.07) is 14.9. The van der Waals surface area contributed by atoms with E-state index in [1.807, 2.05) is 53.4 Å². The largest absolute Gasteiger partial charge is 0.493 e. The van der Waals surface area contributed by atoms with Gasteiger partial charge in [-0.3, -0.25) is 0 Å². The Bertz CT molecular complexity index is 1070. The third-order valence-corrected chi connectivity index (χ3v) is 5.52. The van der Waals surface area contributed by atoms with Crippen LogP contribution in [-0.2, 0) is 16.0 Å². The molecule has 0 saturated carbocycles. The minimum Gasteiger partial charge on any atom is -0.493 e. The Morgan fingerprint density at radius 3 is 2.65 bits per heavy atom. The zero-order valence-electron chi connectivity index (χ0n) is 16.9. The Morgan fingerprint density at radius 2 is 1.84 bits per heavy atom. The maximum absolute atomic E-state index is 12.4. The third-order valence-electron chi connectivity index (χ3n) is 5.52. The Morgan fingerprint density at radius 1 is 1.03 bits per heavy atom. The van der Waals surface area contributed by atoms with Gasteiger partial charge in [0.15, 0.2) is 5.70 Å². The Kier molecular flexibility index (Phi) is 5.03. The summed E-state index contributed by atoms with van der Waals surface area (Å²) >= 11 is 0. The Labute approximate surface area is 179 Å². The van der Waals surface area contributed by atoms with Gasteiger partial charge in [-0.15, -0.1) is 0 Å². The summed E-state index contributed by atoms with van der Waals surface area (Å²) in [7, 11) is 0. The zero-order chi connectivity index (χ0) is 21.2. The van der Waals surface area contributed by atoms with Crippen molar-refractivity contribution in [2.45, 2.75) is 6.42 Å². The average Bonchev–Trinajstić information content (AvgIpc) is 3.41. The van der Waals surface area contributed by atoms with Gasteiger partial charge in [0.25, 0.3) is 0 Å². The predicted molar refractivity (Wildman–Crippen MR) is 115 cm³/mol. The lowest BCUT2D eigenvalue weighted by Gasteiger charge is -2.34. The number of para-hydroxylation sites is 1. The second kappa shape index (κ2) is 8.14. The molecule has 2 amide bonds. The molecule has 0 radical (unpaired) electrons. The molecule has 0 spiro atoms. The average molecular weight is 418 g/mol. The van der Waals surface area contributed by atoms with E-state index in [9.17, 15) is 9.59 Å². The Hall–Kier alpha value is -3.81. The van der Waals surface area contributed by atoms with E-state index in [1.165, 1.54) is 0 Å². The predicted octanol–water partition coefficient (Wildman–Crippen LogP) is 2.62. The van der Waals surface area contributed by atoms with E-state index in [4.69, 9.17) is 9.47 Å². The monoisotopic (exact) mass is 418 g/mol. The van der Waals surface area contributed by atoms with Crippen LogP contribution < -0.4 is 10.1 Å². The van der Waals surface area contributed by atoms with Gasteiger partial charge in [0.1, 0.15) is 5.75 Å². The fourth-order valence-electron chi connectivity index (χ4n) is 3.89. The fraction of sp³-hybridized carbons (Fsp3) is 0.261. The molecule has 2 aromatic rings. The summed E-state index contributed by atoms with van der Waals surface area (Å²) < 4.78 is 11.0. The number of carbonyl (C=O) groups is 2. The van der Waals surface area contributed by atoms with Gasteiger partial charge in [0.05, 0.1) is 6.61 Å². The molecule has 5 rings (SSSR count). The number of ether oxygens (including phenoxy) is 2. The van der Waals surface area contributed by atoms with Gasteiger partial charge in [-0.1, -0.05) is 24.3 Å². The quantitative estimate of drug-likeness (QED) is 0.612. The first kappa shape index (κ1) is 19.2. The number of benzene rings is 2. The van der Waals surface area contributed by atoms with Gasteiger partial charge in [-0.25, -0.2) is 14.6 Å². The highest BCUT2D eigenvalue weighted by atomic mass is 16.6. The lowest BCUT2D eigenvalue weighted by Crippen LogP contribution is -2.48. The number of rotatable bonds is 3. The van der Waals surface area contributed by atoms with Crippen molar-refractivity contribution in [3.63, 3.8) is 0 Å². The van der Waals surface area contributed by atoms with E-state index in [0.29, 0.717) is 38.7 Å². The molecule has 1 N–H and O–H groups in total. The number of carbonyl (C=O) groups excluding carboxylic acids is 2. The van der Waals surface area contributed by atoms with Crippen LogP contribution in [0, 0.1) is 0 Å². The number of hydrogen-bond acceptors (Lipinski definition) is 6. The second-order valence-corrected chi connectivity index (χ2v) is 7.52. The molecule has 158 valence electrons. The lowest BCUT2D eigenvalue weighted by molar-refractivity contribution is -0.130. The van der Waals surface area contributed by atoms with Crippen molar-refractivity contribution < 1.29 is 19.1 Å². The van der Waals surface area contributed by atoms with Crippen LogP contribution in [0.25, 0.3) is 0 Å². The van der Waals surface area contributed by atoms with Crippen molar-refractivity contribution >= 4 is 23.6 Å². The lowest BCUT2D eigenvalue weighted by atomic mass is 10.1. The van der Waals surface area contributed by atoms with Gasteiger partial charge in [-0.05, 0) is 24.3 Å². The summed E-state index contributed by atoms with van der Waals surface area (Å²) in [6.45, 7) is 2.95. The van der Waals surface area contributed by atoms with Crippen LogP contribution in [0.4, 0.5) is 10.5 Å². The zero-order valence-corrected chi connectivity index (χ0v) is 16.9. The minimum absolute atomic E-state index is 0.126. The smallest absolute Gasteiger partial charge is 0.365 e. The van der Waals surface area contributed by atoms with Crippen molar-refractivity contribution in [3.8, 4) is 5.75 Å². The van der Waals surface area contributed by atoms with Crippen LogP contribution in [0.2, 0.25) is 0 Å². The summed E-state index contributed by atoms with van der Waals surface area (Å²) in [5.41, 5.74) is 2.86. The molecule has 0 atom stereocenters. The first-order valence-corrected chi connectivity index (χ1v) is 10.3. The van der Waals surface area contributed by atoms with E-state index in [-0.39, 0.29) is 11.7 Å². The number of nitrogens with one attached hydrogen (secondary N) is 1. The number of fused-ring (bicyclic) bond motifs is 1. The second-order valence-electron chi connectivity index (χ2n) is 7.52. The summed E-state index contributed by atoms with van der Waals surface area (Å²) in [4.78, 5) is 33.0. The molecule has 2 aromatic carbocycles. The molecule has 1 saturated heterocycles. The number of piperazine rings is 1. The highest BCUT2D eigenvalue weighted by molar-refractivity contribution is 6.11. The maximum Gasteiger partial charge on any atom is 0.365 e. The first-order chi connectivity index (χ1) is 15.2. The van der Waals surface area contributed by atoms with Crippen LogP contribution in [-0.4, -0.2) is 60.5 Å². The van der Waals surface area contributed by atoms with Crippen molar-refractivity contribution in [3.05, 3.63) is 71.6 Å². The molecule has 3 aliphatic heterocycles. The normalized spacial score (nSPS) is 19.0. The van der Waals surface area contributed by atoms with Crippen LogP contribution in [0.15, 0.2) is 65.4 Å². The molecular weight excluding hydrogens is 396 g/mol. The van der Waals surface area contributed by atoms with Gasteiger partial charge in [-0.2, -0.15) is 0 Å². The van der Waals surface area contributed by atoms with Gasteiger partial charge >= 0.3 is 12.0 Å². The molecule has 0 aromatic heterocycles.